The van der Waals surface area contributed by atoms with Crippen LogP contribution < -0.4 is 4.74 Å². The molecule has 0 bridgehead atoms. The van der Waals surface area contributed by atoms with Crippen molar-refractivity contribution in [1.29, 1.82) is 0 Å². The normalized spacial score (nSPS) is 23.7. The first-order chi connectivity index (χ1) is 11.2. The Labute approximate surface area is 137 Å². The number of morpholine rings is 1. The summed E-state index contributed by atoms with van der Waals surface area (Å²) in [4.78, 5) is 21.2. The molecule has 1 amide bonds. The van der Waals surface area contributed by atoms with E-state index in [-0.39, 0.29) is 5.91 Å². The molecule has 0 N–H and O–H groups in total. The van der Waals surface area contributed by atoms with Crippen LogP contribution in [0.5, 0.6) is 5.88 Å². The molecule has 2 aliphatic rings. The summed E-state index contributed by atoms with van der Waals surface area (Å²) in [6, 6.07) is 4.11. The molecule has 1 aromatic heterocycles. The van der Waals surface area contributed by atoms with Crippen molar-refractivity contribution in [2.45, 2.75) is 31.9 Å². The summed E-state index contributed by atoms with van der Waals surface area (Å²) in [5.74, 6) is 0.422. The molecule has 0 unspecified atom stereocenters. The second kappa shape index (κ2) is 7.27. The van der Waals surface area contributed by atoms with Gasteiger partial charge in [-0.1, -0.05) is 0 Å². The van der Waals surface area contributed by atoms with Crippen LogP contribution in [0.3, 0.4) is 0 Å². The van der Waals surface area contributed by atoms with Crippen LogP contribution in [0.1, 0.15) is 30.1 Å². The smallest absolute Gasteiger partial charge is 0.259 e. The SMILES string of the molecule is COc1ncccc1C(=O)N1CCC(N2CCO[C@@H](C)C2)CC1. The molecule has 0 aromatic carbocycles. The lowest BCUT2D eigenvalue weighted by Crippen LogP contribution is -2.51. The zero-order valence-corrected chi connectivity index (χ0v) is 13.9. The summed E-state index contributed by atoms with van der Waals surface area (Å²) in [5.41, 5.74) is 0.549. The average Bonchev–Trinajstić information content (AvgIpc) is 2.61. The summed E-state index contributed by atoms with van der Waals surface area (Å²) >= 11 is 0. The van der Waals surface area contributed by atoms with Crippen LogP contribution in [0.15, 0.2) is 18.3 Å². The van der Waals surface area contributed by atoms with Crippen molar-refractivity contribution < 1.29 is 14.3 Å². The number of carbonyl (C=O) groups excluding carboxylic acids is 1. The van der Waals surface area contributed by atoms with Gasteiger partial charge in [0, 0.05) is 38.4 Å². The summed E-state index contributed by atoms with van der Waals surface area (Å²) in [5, 5.41) is 0. The van der Waals surface area contributed by atoms with Gasteiger partial charge in [-0.3, -0.25) is 9.69 Å². The van der Waals surface area contributed by atoms with Gasteiger partial charge in [0.05, 0.1) is 19.8 Å². The number of methoxy groups -OCH3 is 1. The van der Waals surface area contributed by atoms with Gasteiger partial charge in [0.15, 0.2) is 0 Å². The Balaban J connectivity index is 1.59. The monoisotopic (exact) mass is 319 g/mol. The second-order valence-corrected chi connectivity index (χ2v) is 6.26. The molecule has 3 rings (SSSR count). The number of ether oxygens (including phenoxy) is 2. The number of pyridine rings is 1. The van der Waals surface area contributed by atoms with Crippen LogP contribution in [-0.4, -0.2) is 72.7 Å². The number of hydrogen-bond donors (Lipinski definition) is 0. The molecule has 0 saturated carbocycles. The van der Waals surface area contributed by atoms with Gasteiger partial charge in [-0.25, -0.2) is 4.98 Å². The van der Waals surface area contributed by atoms with E-state index in [0.717, 1.165) is 45.6 Å². The fourth-order valence-electron chi connectivity index (χ4n) is 3.50. The highest BCUT2D eigenvalue weighted by Crippen LogP contribution is 2.22. The fraction of sp³-hybridized carbons (Fsp3) is 0.647. The Bertz CT molecular complexity index is 544. The zero-order chi connectivity index (χ0) is 16.2. The molecule has 2 saturated heterocycles. The van der Waals surface area contributed by atoms with Crippen LogP contribution in [0.4, 0.5) is 0 Å². The molecule has 6 nitrogen and oxygen atoms in total. The van der Waals surface area contributed by atoms with Crippen LogP contribution in [-0.2, 0) is 4.74 Å². The van der Waals surface area contributed by atoms with Crippen LogP contribution in [0.2, 0.25) is 0 Å². The van der Waals surface area contributed by atoms with Crippen molar-refractivity contribution in [2.24, 2.45) is 0 Å². The predicted molar refractivity (Wildman–Crippen MR) is 86.7 cm³/mol. The maximum atomic E-state index is 12.7. The minimum Gasteiger partial charge on any atom is -0.480 e. The van der Waals surface area contributed by atoms with Gasteiger partial charge in [-0.2, -0.15) is 0 Å². The quantitative estimate of drug-likeness (QED) is 0.843. The summed E-state index contributed by atoms with van der Waals surface area (Å²) in [7, 11) is 1.55. The largest absolute Gasteiger partial charge is 0.480 e. The van der Waals surface area contributed by atoms with Gasteiger partial charge in [0.25, 0.3) is 5.91 Å². The molecule has 0 aliphatic carbocycles. The molecule has 126 valence electrons. The summed E-state index contributed by atoms with van der Waals surface area (Å²) in [6.45, 7) is 6.50. The molecule has 2 fully saturated rings. The Morgan fingerprint density at radius 1 is 1.35 bits per heavy atom. The van der Waals surface area contributed by atoms with E-state index < -0.39 is 0 Å². The molecule has 1 aromatic rings. The third kappa shape index (κ3) is 3.64. The van der Waals surface area contributed by atoms with E-state index in [9.17, 15) is 4.79 Å². The first-order valence-electron chi connectivity index (χ1n) is 8.33. The Kier molecular flexibility index (Phi) is 5.13. The lowest BCUT2D eigenvalue weighted by atomic mass is 10.0. The second-order valence-electron chi connectivity index (χ2n) is 6.26. The average molecular weight is 319 g/mol. The van der Waals surface area contributed by atoms with E-state index in [0.29, 0.717) is 23.6 Å². The van der Waals surface area contributed by atoms with Gasteiger partial charge >= 0.3 is 0 Å². The van der Waals surface area contributed by atoms with Crippen molar-refractivity contribution in [3.05, 3.63) is 23.9 Å². The molecule has 1 atom stereocenters. The van der Waals surface area contributed by atoms with E-state index in [4.69, 9.17) is 9.47 Å². The van der Waals surface area contributed by atoms with E-state index in [1.54, 1.807) is 25.4 Å². The van der Waals surface area contributed by atoms with Gasteiger partial charge in [0.1, 0.15) is 5.56 Å². The van der Waals surface area contributed by atoms with Crippen molar-refractivity contribution in [2.75, 3.05) is 39.9 Å². The van der Waals surface area contributed by atoms with Crippen molar-refractivity contribution in [3.63, 3.8) is 0 Å². The minimum absolute atomic E-state index is 0.0174. The highest BCUT2D eigenvalue weighted by Gasteiger charge is 2.30. The highest BCUT2D eigenvalue weighted by atomic mass is 16.5. The molecule has 0 spiro atoms. The summed E-state index contributed by atoms with van der Waals surface area (Å²) < 4.78 is 10.8. The third-order valence-corrected chi connectivity index (χ3v) is 4.74. The van der Waals surface area contributed by atoms with Crippen LogP contribution >= 0.6 is 0 Å². The zero-order valence-electron chi connectivity index (χ0n) is 13.9. The molecule has 6 heteroatoms. The van der Waals surface area contributed by atoms with E-state index in [2.05, 4.69) is 16.8 Å². The predicted octanol–water partition coefficient (Wildman–Crippen LogP) is 1.42. The first kappa shape index (κ1) is 16.2. The van der Waals surface area contributed by atoms with E-state index >= 15 is 0 Å². The topological polar surface area (TPSA) is 54.9 Å². The van der Waals surface area contributed by atoms with Crippen LogP contribution in [0, 0.1) is 0 Å². The maximum Gasteiger partial charge on any atom is 0.259 e. The van der Waals surface area contributed by atoms with E-state index in [1.807, 2.05) is 4.90 Å². The number of piperidine rings is 1. The Morgan fingerprint density at radius 3 is 2.83 bits per heavy atom. The number of carbonyl (C=O) groups is 1. The first-order valence-corrected chi connectivity index (χ1v) is 8.33. The number of rotatable bonds is 3. The van der Waals surface area contributed by atoms with E-state index in [1.165, 1.54) is 0 Å². The number of hydrogen-bond acceptors (Lipinski definition) is 5. The van der Waals surface area contributed by atoms with Gasteiger partial charge < -0.3 is 14.4 Å². The Hall–Kier alpha value is -1.66. The molecule has 3 heterocycles. The van der Waals surface area contributed by atoms with Gasteiger partial charge in [-0.15, -0.1) is 0 Å². The van der Waals surface area contributed by atoms with Crippen molar-refractivity contribution in [1.82, 2.24) is 14.8 Å². The maximum absolute atomic E-state index is 12.7. The Morgan fingerprint density at radius 2 is 2.13 bits per heavy atom. The number of likely N-dealkylation sites (tertiary alicyclic amines) is 1. The molecular weight excluding hydrogens is 294 g/mol. The third-order valence-electron chi connectivity index (χ3n) is 4.74. The van der Waals surface area contributed by atoms with Gasteiger partial charge in [0.2, 0.25) is 5.88 Å². The lowest BCUT2D eigenvalue weighted by molar-refractivity contribution is -0.0423. The van der Waals surface area contributed by atoms with Crippen LogP contribution in [0.25, 0.3) is 0 Å². The van der Waals surface area contributed by atoms with Crippen molar-refractivity contribution in [3.8, 4) is 5.88 Å². The molecule has 2 aliphatic heterocycles. The summed E-state index contributed by atoms with van der Waals surface area (Å²) in [6.07, 6.45) is 3.98. The fourth-order valence-corrected chi connectivity index (χ4v) is 3.50. The highest BCUT2D eigenvalue weighted by molar-refractivity contribution is 5.96. The van der Waals surface area contributed by atoms with Gasteiger partial charge in [-0.05, 0) is 31.9 Å². The number of aromatic nitrogens is 1. The number of nitrogens with zero attached hydrogens (tertiary/aromatic N) is 3. The standard InChI is InChI=1S/C17H25N3O3/c1-13-12-20(10-11-23-13)14-5-8-19(9-6-14)17(21)15-4-3-7-18-16(15)22-2/h3-4,7,13-14H,5-6,8-12H2,1-2H3/t13-/m0/s1. The molecule has 23 heavy (non-hydrogen) atoms. The minimum atomic E-state index is 0.0174. The van der Waals surface area contributed by atoms with Crippen molar-refractivity contribution >= 4 is 5.91 Å². The lowest BCUT2D eigenvalue weighted by Gasteiger charge is -2.41. The molecular formula is C17H25N3O3. The molecule has 0 radical (unpaired) electrons. The number of amides is 1.